The number of ether oxygens (including phenoxy) is 2. The monoisotopic (exact) mass is 394 g/mol. The minimum absolute atomic E-state index is 0.504. The number of methoxy groups -OCH3 is 1. The van der Waals surface area contributed by atoms with E-state index < -0.39 is 0 Å². The van der Waals surface area contributed by atoms with Crippen molar-refractivity contribution in [2.24, 2.45) is 5.92 Å². The van der Waals surface area contributed by atoms with Crippen LogP contribution < -0.4 is 20.4 Å². The van der Waals surface area contributed by atoms with E-state index in [4.69, 9.17) is 31.7 Å². The molecule has 0 aromatic carbocycles. The largest absolute Gasteiger partial charge is 0.383 e. The Labute approximate surface area is 166 Å². The quantitative estimate of drug-likeness (QED) is 0.551. The van der Waals surface area contributed by atoms with Gasteiger partial charge in [0.05, 0.1) is 19.8 Å². The number of piperidine rings is 1. The van der Waals surface area contributed by atoms with Gasteiger partial charge in [-0.05, 0) is 31.0 Å². The van der Waals surface area contributed by atoms with Crippen LogP contribution in [0.3, 0.4) is 0 Å². The molecule has 0 bridgehead atoms. The summed E-state index contributed by atoms with van der Waals surface area (Å²) in [5, 5.41) is 6.73. The van der Waals surface area contributed by atoms with Gasteiger partial charge in [0.15, 0.2) is 5.11 Å². The van der Waals surface area contributed by atoms with Crippen LogP contribution in [0.25, 0.3) is 0 Å². The highest BCUT2D eigenvalue weighted by Crippen LogP contribution is 2.26. The summed E-state index contributed by atoms with van der Waals surface area (Å²) in [4.78, 5) is 14.0. The second-order valence-electron chi connectivity index (χ2n) is 7.05. The Morgan fingerprint density at radius 3 is 2.44 bits per heavy atom. The van der Waals surface area contributed by atoms with Crippen molar-refractivity contribution in [2.75, 3.05) is 74.8 Å². The third-order valence-electron chi connectivity index (χ3n) is 4.96. The fourth-order valence-corrected chi connectivity index (χ4v) is 3.44. The van der Waals surface area contributed by atoms with Crippen molar-refractivity contribution in [3.05, 3.63) is 6.07 Å². The number of morpholine rings is 1. The average Bonchev–Trinajstić information content (AvgIpc) is 2.69. The first-order valence-corrected chi connectivity index (χ1v) is 10.1. The molecule has 0 aliphatic carbocycles. The predicted octanol–water partition coefficient (Wildman–Crippen LogP) is 1.48. The number of aromatic nitrogens is 2. The number of hydrogen-bond acceptors (Lipinski definition) is 7. The van der Waals surface area contributed by atoms with E-state index in [1.54, 1.807) is 7.11 Å². The molecule has 0 atom stereocenters. The summed E-state index contributed by atoms with van der Waals surface area (Å²) < 4.78 is 10.5. The molecule has 2 aliphatic heterocycles. The molecular formula is C18H30N6O2S. The number of nitrogens with zero attached hydrogens (tertiary/aromatic N) is 4. The van der Waals surface area contributed by atoms with E-state index in [-0.39, 0.29) is 0 Å². The van der Waals surface area contributed by atoms with Crippen LogP contribution in [0.4, 0.5) is 17.6 Å². The van der Waals surface area contributed by atoms with Gasteiger partial charge in [0.25, 0.3) is 0 Å². The van der Waals surface area contributed by atoms with E-state index in [0.29, 0.717) is 24.2 Å². The van der Waals surface area contributed by atoms with E-state index in [2.05, 4.69) is 33.4 Å². The van der Waals surface area contributed by atoms with Crippen LogP contribution in [0, 0.1) is 5.92 Å². The van der Waals surface area contributed by atoms with Crippen molar-refractivity contribution in [2.45, 2.75) is 19.8 Å². The fraction of sp³-hybridized carbons (Fsp3) is 0.722. The third kappa shape index (κ3) is 5.88. The first-order chi connectivity index (χ1) is 13.2. The van der Waals surface area contributed by atoms with Crippen molar-refractivity contribution >= 4 is 34.9 Å². The maximum absolute atomic E-state index is 5.48. The fourth-order valence-electron chi connectivity index (χ4n) is 3.24. The lowest BCUT2D eigenvalue weighted by molar-refractivity contribution is 0.122. The van der Waals surface area contributed by atoms with Gasteiger partial charge in [0.2, 0.25) is 5.95 Å². The highest BCUT2D eigenvalue weighted by atomic mass is 32.1. The van der Waals surface area contributed by atoms with E-state index in [0.717, 1.165) is 56.9 Å². The van der Waals surface area contributed by atoms with Gasteiger partial charge in [-0.3, -0.25) is 0 Å². The van der Waals surface area contributed by atoms with E-state index in [1.165, 1.54) is 12.8 Å². The number of rotatable bonds is 6. The molecule has 9 heteroatoms. The number of nitrogens with one attached hydrogen (secondary N) is 2. The summed E-state index contributed by atoms with van der Waals surface area (Å²) in [5.74, 6) is 3.18. The van der Waals surface area contributed by atoms with Crippen molar-refractivity contribution in [3.63, 3.8) is 0 Å². The first-order valence-electron chi connectivity index (χ1n) is 9.66. The molecular weight excluding hydrogens is 364 g/mol. The maximum atomic E-state index is 5.48. The van der Waals surface area contributed by atoms with Gasteiger partial charge in [-0.2, -0.15) is 9.97 Å². The lowest BCUT2D eigenvalue weighted by Gasteiger charge is -2.33. The zero-order valence-corrected chi connectivity index (χ0v) is 17.1. The Balaban J connectivity index is 1.76. The van der Waals surface area contributed by atoms with Crippen molar-refractivity contribution in [1.29, 1.82) is 0 Å². The molecule has 0 spiro atoms. The summed E-state index contributed by atoms with van der Waals surface area (Å²) in [6.45, 7) is 8.71. The minimum atomic E-state index is 0.504. The Morgan fingerprint density at radius 2 is 1.81 bits per heavy atom. The molecule has 3 heterocycles. The molecule has 2 fully saturated rings. The van der Waals surface area contributed by atoms with E-state index in [1.807, 2.05) is 0 Å². The topological polar surface area (TPSA) is 74.8 Å². The van der Waals surface area contributed by atoms with Crippen LogP contribution in [-0.4, -0.2) is 74.7 Å². The first kappa shape index (κ1) is 20.0. The molecule has 3 rings (SSSR count). The molecule has 0 saturated carbocycles. The van der Waals surface area contributed by atoms with Gasteiger partial charge in [-0.15, -0.1) is 0 Å². The molecule has 8 nitrogen and oxygen atoms in total. The molecule has 0 radical (unpaired) electrons. The van der Waals surface area contributed by atoms with Gasteiger partial charge in [0, 0.05) is 45.9 Å². The zero-order valence-electron chi connectivity index (χ0n) is 16.2. The van der Waals surface area contributed by atoms with Crippen LogP contribution in [0.1, 0.15) is 19.8 Å². The Morgan fingerprint density at radius 1 is 1.19 bits per heavy atom. The van der Waals surface area contributed by atoms with Gasteiger partial charge < -0.3 is 29.9 Å². The molecule has 1 aromatic rings. The lowest BCUT2D eigenvalue weighted by atomic mass is 9.99. The zero-order chi connectivity index (χ0) is 19.1. The predicted molar refractivity (Wildman–Crippen MR) is 112 cm³/mol. The molecule has 0 amide bonds. The molecule has 2 aliphatic rings. The normalized spacial score (nSPS) is 18.4. The minimum Gasteiger partial charge on any atom is -0.383 e. The van der Waals surface area contributed by atoms with Crippen LogP contribution >= 0.6 is 12.2 Å². The van der Waals surface area contributed by atoms with Crippen LogP contribution in [0.2, 0.25) is 0 Å². The summed E-state index contributed by atoms with van der Waals surface area (Å²) >= 11 is 5.36. The Bertz CT molecular complexity index is 618. The number of anilines is 3. The summed E-state index contributed by atoms with van der Waals surface area (Å²) in [5.41, 5.74) is 0. The van der Waals surface area contributed by atoms with Crippen molar-refractivity contribution in [1.82, 2.24) is 15.3 Å². The smallest absolute Gasteiger partial charge is 0.232 e. The molecule has 150 valence electrons. The van der Waals surface area contributed by atoms with Crippen molar-refractivity contribution < 1.29 is 9.47 Å². The van der Waals surface area contributed by atoms with Crippen molar-refractivity contribution in [3.8, 4) is 0 Å². The Hall–Kier alpha value is -1.71. The van der Waals surface area contributed by atoms with Crippen LogP contribution in [-0.2, 0) is 9.47 Å². The van der Waals surface area contributed by atoms with Gasteiger partial charge in [-0.25, -0.2) is 0 Å². The highest BCUT2D eigenvalue weighted by Gasteiger charge is 2.21. The standard InChI is InChI=1S/C18H30N6O2S/c1-14-3-6-23(7-4-14)15-13-16(24-8-11-26-12-9-24)21-17(20-15)22-18(27)19-5-10-25-2/h13-14H,3-12H2,1-2H3,(H2,19,20,21,22,27). The van der Waals surface area contributed by atoms with E-state index >= 15 is 0 Å². The van der Waals surface area contributed by atoms with Gasteiger partial charge >= 0.3 is 0 Å². The maximum Gasteiger partial charge on any atom is 0.232 e. The summed E-state index contributed by atoms with van der Waals surface area (Å²) in [6, 6.07) is 2.09. The molecule has 2 N–H and O–H groups in total. The van der Waals surface area contributed by atoms with E-state index in [9.17, 15) is 0 Å². The number of thiocarbonyl (C=S) groups is 1. The third-order valence-corrected chi connectivity index (χ3v) is 5.21. The average molecular weight is 395 g/mol. The Kier molecular flexibility index (Phi) is 7.42. The number of hydrogen-bond donors (Lipinski definition) is 2. The second kappa shape index (κ2) is 10.0. The molecule has 2 saturated heterocycles. The van der Waals surface area contributed by atoms with Gasteiger partial charge in [0.1, 0.15) is 11.6 Å². The molecule has 1 aromatic heterocycles. The summed E-state index contributed by atoms with van der Waals surface area (Å²) in [7, 11) is 1.67. The lowest BCUT2D eigenvalue weighted by Crippen LogP contribution is -2.38. The van der Waals surface area contributed by atoms with Gasteiger partial charge in [-0.1, -0.05) is 6.92 Å². The summed E-state index contributed by atoms with van der Waals surface area (Å²) in [6.07, 6.45) is 2.38. The van der Waals surface area contributed by atoms with Crippen LogP contribution in [0.5, 0.6) is 0 Å². The second-order valence-corrected chi connectivity index (χ2v) is 7.46. The van der Waals surface area contributed by atoms with Crippen LogP contribution in [0.15, 0.2) is 6.07 Å². The highest BCUT2D eigenvalue weighted by molar-refractivity contribution is 7.80. The molecule has 0 unspecified atom stereocenters. The molecule has 27 heavy (non-hydrogen) atoms. The SMILES string of the molecule is COCCNC(=S)Nc1nc(N2CCOCC2)cc(N2CCC(C)CC2)n1.